The van der Waals surface area contributed by atoms with Gasteiger partial charge in [-0.25, -0.2) is 12.7 Å². The molecule has 2 rings (SSSR count). The number of carbonyl (C=O) groups is 2. The van der Waals surface area contributed by atoms with Crippen molar-refractivity contribution in [2.45, 2.75) is 45.0 Å². The highest BCUT2D eigenvalue weighted by molar-refractivity contribution is 7.88. The highest BCUT2D eigenvalue weighted by atomic mass is 32.2. The molecule has 1 aromatic rings. The van der Waals surface area contributed by atoms with Gasteiger partial charge < -0.3 is 20.1 Å². The second kappa shape index (κ2) is 10.9. The van der Waals surface area contributed by atoms with Crippen molar-refractivity contribution in [2.24, 2.45) is 5.92 Å². The van der Waals surface area contributed by atoms with Gasteiger partial charge >= 0.3 is 6.18 Å². The van der Waals surface area contributed by atoms with Crippen molar-refractivity contribution in [2.75, 3.05) is 38.3 Å². The lowest BCUT2D eigenvalue weighted by atomic mass is 9.99. The van der Waals surface area contributed by atoms with Gasteiger partial charge in [-0.2, -0.15) is 13.2 Å². The van der Waals surface area contributed by atoms with Crippen LogP contribution >= 0.6 is 0 Å². The number of halogens is 3. The van der Waals surface area contributed by atoms with Crippen molar-refractivity contribution < 1.29 is 41.0 Å². The first-order valence-corrected chi connectivity index (χ1v) is 12.5. The Morgan fingerprint density at radius 2 is 2.03 bits per heavy atom. The number of rotatable bonds is 8. The molecule has 0 saturated carbocycles. The highest BCUT2D eigenvalue weighted by Gasteiger charge is 2.34. The normalized spacial score (nSPS) is 20.3. The number of carbonyl (C=O) groups excluding carboxylic acids is 2. The molecule has 0 radical (unpaired) electrons. The van der Waals surface area contributed by atoms with Crippen molar-refractivity contribution in [1.29, 1.82) is 0 Å². The molecule has 0 bridgehead atoms. The zero-order valence-electron chi connectivity index (χ0n) is 19.4. The van der Waals surface area contributed by atoms with E-state index in [0.29, 0.717) is 0 Å². The Labute approximate surface area is 196 Å². The van der Waals surface area contributed by atoms with Crippen LogP contribution in [0.25, 0.3) is 0 Å². The molecule has 0 aliphatic carbocycles. The van der Waals surface area contributed by atoms with Crippen LogP contribution in [0, 0.1) is 5.92 Å². The fourth-order valence-corrected chi connectivity index (χ4v) is 3.80. The molecule has 0 fully saturated rings. The van der Waals surface area contributed by atoms with E-state index in [4.69, 9.17) is 4.74 Å². The molecule has 192 valence electrons. The molecule has 0 saturated heterocycles. The fourth-order valence-electron chi connectivity index (χ4n) is 3.39. The van der Waals surface area contributed by atoms with Crippen molar-refractivity contribution in [3.8, 4) is 5.75 Å². The van der Waals surface area contributed by atoms with Crippen LogP contribution in [0.2, 0.25) is 0 Å². The minimum absolute atomic E-state index is 0.00487. The fraction of sp³-hybridized carbons (Fsp3) is 0.619. The van der Waals surface area contributed by atoms with Crippen LogP contribution in [-0.4, -0.2) is 85.9 Å². The number of amides is 2. The maximum atomic E-state index is 13.3. The van der Waals surface area contributed by atoms with Gasteiger partial charge in [-0.05, 0) is 25.1 Å². The molecule has 2 N–H and O–H groups in total. The number of likely N-dealkylation sites (N-methyl/N-ethyl adjacent to an activating group) is 1. The SMILES string of the molecule is C[C@H](CO)N1C[C@H](C)[C@@H](CN(C)S(C)(=O)=O)Oc2ccc(NC(=O)CCC(F)(F)F)cc2C1=O. The van der Waals surface area contributed by atoms with Crippen LogP contribution in [0.4, 0.5) is 18.9 Å². The van der Waals surface area contributed by atoms with Gasteiger partial charge in [0.2, 0.25) is 15.9 Å². The average Bonchev–Trinajstić information content (AvgIpc) is 2.73. The Morgan fingerprint density at radius 3 is 2.59 bits per heavy atom. The number of aliphatic hydroxyl groups excluding tert-OH is 1. The van der Waals surface area contributed by atoms with E-state index in [0.717, 1.165) is 10.6 Å². The van der Waals surface area contributed by atoms with Crippen LogP contribution in [0.1, 0.15) is 37.0 Å². The second-order valence-corrected chi connectivity index (χ2v) is 10.6. The van der Waals surface area contributed by atoms with Crippen molar-refractivity contribution >= 4 is 27.5 Å². The molecule has 3 atom stereocenters. The number of hydrogen-bond acceptors (Lipinski definition) is 6. The van der Waals surface area contributed by atoms with Gasteiger partial charge in [0.15, 0.2) is 0 Å². The molecule has 34 heavy (non-hydrogen) atoms. The summed E-state index contributed by atoms with van der Waals surface area (Å²) in [5.41, 5.74) is 0.144. The lowest BCUT2D eigenvalue weighted by molar-refractivity contribution is -0.142. The summed E-state index contributed by atoms with van der Waals surface area (Å²) in [5, 5.41) is 12.0. The van der Waals surface area contributed by atoms with E-state index in [9.17, 15) is 36.3 Å². The minimum Gasteiger partial charge on any atom is -0.488 e. The average molecular weight is 510 g/mol. The van der Waals surface area contributed by atoms with E-state index in [2.05, 4.69) is 5.32 Å². The van der Waals surface area contributed by atoms with Crippen molar-refractivity contribution in [3.05, 3.63) is 23.8 Å². The smallest absolute Gasteiger partial charge is 0.389 e. The highest BCUT2D eigenvalue weighted by Crippen LogP contribution is 2.31. The summed E-state index contributed by atoms with van der Waals surface area (Å²) in [6.45, 7) is 3.28. The lowest BCUT2D eigenvalue weighted by Gasteiger charge is -2.38. The van der Waals surface area contributed by atoms with E-state index in [1.807, 2.05) is 0 Å². The van der Waals surface area contributed by atoms with Crippen LogP contribution in [0.15, 0.2) is 18.2 Å². The molecule has 0 unspecified atom stereocenters. The van der Waals surface area contributed by atoms with Crippen LogP contribution < -0.4 is 10.1 Å². The molecule has 0 aromatic heterocycles. The van der Waals surface area contributed by atoms with E-state index in [1.165, 1.54) is 30.1 Å². The molecule has 1 heterocycles. The molecule has 2 amide bonds. The summed E-state index contributed by atoms with van der Waals surface area (Å²) in [7, 11) is -2.09. The Balaban J connectivity index is 2.39. The summed E-state index contributed by atoms with van der Waals surface area (Å²) in [6.07, 6.45) is -6.10. The number of fused-ring (bicyclic) bond motifs is 1. The third kappa shape index (κ3) is 7.57. The number of aliphatic hydroxyl groups is 1. The predicted molar refractivity (Wildman–Crippen MR) is 119 cm³/mol. The molecule has 1 aromatic carbocycles. The molecular weight excluding hydrogens is 479 g/mol. The van der Waals surface area contributed by atoms with Gasteiger partial charge in [-0.3, -0.25) is 9.59 Å². The Morgan fingerprint density at radius 1 is 1.38 bits per heavy atom. The number of hydrogen-bond donors (Lipinski definition) is 2. The molecule has 0 spiro atoms. The van der Waals surface area contributed by atoms with Gasteiger partial charge in [0, 0.05) is 31.6 Å². The third-order valence-corrected chi connectivity index (χ3v) is 6.87. The van der Waals surface area contributed by atoms with E-state index in [1.54, 1.807) is 13.8 Å². The third-order valence-electron chi connectivity index (χ3n) is 5.59. The number of sulfonamides is 1. The Kier molecular flexibility index (Phi) is 8.94. The summed E-state index contributed by atoms with van der Waals surface area (Å²) < 4.78 is 68.1. The zero-order chi connectivity index (χ0) is 25.8. The summed E-state index contributed by atoms with van der Waals surface area (Å²) in [5.74, 6) is -1.54. The second-order valence-electron chi connectivity index (χ2n) is 8.54. The maximum Gasteiger partial charge on any atom is 0.389 e. The molecular formula is C21H30F3N3O6S. The van der Waals surface area contributed by atoms with Gasteiger partial charge in [0.25, 0.3) is 5.91 Å². The molecule has 9 nitrogen and oxygen atoms in total. The Hall–Kier alpha value is -2.38. The topological polar surface area (TPSA) is 116 Å². The van der Waals surface area contributed by atoms with Crippen molar-refractivity contribution in [3.63, 3.8) is 0 Å². The first-order valence-electron chi connectivity index (χ1n) is 10.6. The van der Waals surface area contributed by atoms with Gasteiger partial charge in [0.1, 0.15) is 11.9 Å². The van der Waals surface area contributed by atoms with Crippen LogP contribution in [-0.2, 0) is 14.8 Å². The van der Waals surface area contributed by atoms with E-state index in [-0.39, 0.29) is 42.6 Å². The van der Waals surface area contributed by atoms with Crippen LogP contribution in [0.5, 0.6) is 5.75 Å². The van der Waals surface area contributed by atoms with Gasteiger partial charge in [-0.1, -0.05) is 6.92 Å². The maximum absolute atomic E-state index is 13.3. The van der Waals surface area contributed by atoms with Crippen molar-refractivity contribution in [1.82, 2.24) is 9.21 Å². The number of alkyl halides is 3. The summed E-state index contributed by atoms with van der Waals surface area (Å²) in [6, 6.07) is 3.52. The summed E-state index contributed by atoms with van der Waals surface area (Å²) >= 11 is 0. The first-order chi connectivity index (χ1) is 15.6. The first kappa shape index (κ1) is 27.9. The largest absolute Gasteiger partial charge is 0.488 e. The molecule has 1 aliphatic heterocycles. The van der Waals surface area contributed by atoms with Gasteiger partial charge in [-0.15, -0.1) is 0 Å². The quantitative estimate of drug-likeness (QED) is 0.554. The minimum atomic E-state index is -4.47. The number of benzene rings is 1. The van der Waals surface area contributed by atoms with Gasteiger partial charge in [0.05, 0.1) is 37.4 Å². The lowest BCUT2D eigenvalue weighted by Crippen LogP contribution is -2.50. The summed E-state index contributed by atoms with van der Waals surface area (Å²) in [4.78, 5) is 26.6. The number of ether oxygens (including phenoxy) is 1. The Bertz CT molecular complexity index is 1000. The zero-order valence-corrected chi connectivity index (χ0v) is 20.2. The number of nitrogens with zero attached hydrogens (tertiary/aromatic N) is 2. The predicted octanol–water partition coefficient (Wildman–Crippen LogP) is 2.08. The van der Waals surface area contributed by atoms with E-state index >= 15 is 0 Å². The van der Waals surface area contributed by atoms with Crippen LogP contribution in [0.3, 0.4) is 0 Å². The standard InChI is InChI=1S/C21H30F3N3O6S/c1-13-10-27(14(2)12-28)20(30)16-9-15(25-19(29)7-8-21(22,23)24)5-6-17(16)33-18(13)11-26(3)34(4,31)32/h5-6,9,13-14,18,28H,7-8,10-12H2,1-4H3,(H,25,29)/t13-,14+,18+/m0/s1. The molecule has 13 heteroatoms. The monoisotopic (exact) mass is 509 g/mol. The number of nitrogens with one attached hydrogen (secondary N) is 1. The van der Waals surface area contributed by atoms with E-state index < -0.39 is 53.0 Å². The number of anilines is 1. The molecule has 1 aliphatic rings.